The van der Waals surface area contributed by atoms with Crippen LogP contribution in [-0.4, -0.2) is 50.7 Å². The van der Waals surface area contributed by atoms with Crippen molar-refractivity contribution in [3.05, 3.63) is 59.7 Å². The minimum absolute atomic E-state index is 0.00300. The second-order valence-corrected chi connectivity index (χ2v) is 13.6. The zero-order chi connectivity index (χ0) is 27.0. The number of aliphatic imine (C=N–C) groups is 2. The molecular weight excluding hydrogens is 482 g/mol. The van der Waals surface area contributed by atoms with Crippen molar-refractivity contribution in [3.8, 4) is 0 Å². The van der Waals surface area contributed by atoms with Gasteiger partial charge in [0, 0.05) is 0 Å². The monoisotopic (exact) mass is 528 g/mol. The number of ether oxygens (including phenoxy) is 2. The van der Waals surface area contributed by atoms with Crippen molar-refractivity contribution in [1.29, 1.82) is 0 Å². The quantitative estimate of drug-likeness (QED) is 0.364. The molecule has 198 valence electrons. The van der Waals surface area contributed by atoms with Crippen molar-refractivity contribution in [1.82, 2.24) is 0 Å². The van der Waals surface area contributed by atoms with E-state index in [4.69, 9.17) is 19.5 Å². The van der Waals surface area contributed by atoms with Gasteiger partial charge in [-0.05, 0) is 69.2 Å². The van der Waals surface area contributed by atoms with Crippen LogP contribution >= 0.6 is 15.8 Å². The Morgan fingerprint density at radius 3 is 1.31 bits per heavy atom. The first-order valence-corrected chi connectivity index (χ1v) is 17.8. The SMILES string of the molecule is CC.CC.CC(C1=NC(c2ccccc2P(C)C)C(C)O1)C1=N[C@H](c2ccccc2P(C)C)C(C)O1. The van der Waals surface area contributed by atoms with Gasteiger partial charge in [-0.15, -0.1) is 0 Å². The number of benzene rings is 2. The molecule has 2 aromatic carbocycles. The van der Waals surface area contributed by atoms with E-state index < -0.39 is 0 Å². The van der Waals surface area contributed by atoms with E-state index in [2.05, 4.69) is 96.0 Å². The number of hydrogen-bond donors (Lipinski definition) is 0. The van der Waals surface area contributed by atoms with Gasteiger partial charge in [-0.2, -0.15) is 0 Å². The Morgan fingerprint density at radius 2 is 0.972 bits per heavy atom. The van der Waals surface area contributed by atoms with E-state index in [1.165, 1.54) is 21.7 Å². The Bertz CT molecular complexity index is 954. The van der Waals surface area contributed by atoms with Gasteiger partial charge in [-0.3, -0.25) is 0 Å². The Hall–Kier alpha value is -1.76. The van der Waals surface area contributed by atoms with Crippen molar-refractivity contribution >= 4 is 38.2 Å². The number of nitrogens with zero attached hydrogens (tertiary/aromatic N) is 2. The predicted octanol–water partition coefficient (Wildman–Crippen LogP) is 7.53. The van der Waals surface area contributed by atoms with Gasteiger partial charge >= 0.3 is 0 Å². The molecule has 2 aliphatic rings. The average molecular weight is 529 g/mol. The normalized spacial score (nSPS) is 23.5. The molecule has 2 aromatic rings. The molecule has 0 spiro atoms. The summed E-state index contributed by atoms with van der Waals surface area (Å²) in [5.41, 5.74) is 2.57. The maximum Gasteiger partial charge on any atom is 0.196 e. The van der Waals surface area contributed by atoms with Gasteiger partial charge in [0.15, 0.2) is 11.8 Å². The van der Waals surface area contributed by atoms with Crippen LogP contribution in [-0.2, 0) is 9.47 Å². The van der Waals surface area contributed by atoms with Crippen LogP contribution in [0.2, 0.25) is 0 Å². The van der Waals surface area contributed by atoms with E-state index in [1.54, 1.807) is 0 Å². The molecule has 0 N–H and O–H groups in total. The first-order chi connectivity index (χ1) is 17.3. The molecule has 4 nitrogen and oxygen atoms in total. The molecule has 4 rings (SSSR count). The van der Waals surface area contributed by atoms with Crippen molar-refractivity contribution in [2.45, 2.75) is 72.8 Å². The average Bonchev–Trinajstić information content (AvgIpc) is 3.48. The fourth-order valence-electron chi connectivity index (χ4n) is 4.52. The topological polar surface area (TPSA) is 43.2 Å². The molecule has 0 saturated heterocycles. The molecule has 0 aliphatic carbocycles. The van der Waals surface area contributed by atoms with Crippen LogP contribution in [0.3, 0.4) is 0 Å². The summed E-state index contributed by atoms with van der Waals surface area (Å²) >= 11 is 0. The summed E-state index contributed by atoms with van der Waals surface area (Å²) in [5, 5.41) is 2.80. The molecule has 4 unspecified atom stereocenters. The Morgan fingerprint density at radius 1 is 0.639 bits per heavy atom. The molecule has 36 heavy (non-hydrogen) atoms. The fourth-order valence-corrected chi connectivity index (χ4v) is 6.74. The minimum atomic E-state index is -0.208. The molecular formula is C30H46N2O2P2. The van der Waals surface area contributed by atoms with Crippen molar-refractivity contribution in [2.24, 2.45) is 15.9 Å². The van der Waals surface area contributed by atoms with Crippen LogP contribution < -0.4 is 10.6 Å². The molecule has 0 bridgehead atoms. The lowest BCUT2D eigenvalue weighted by atomic mass is 10.0. The minimum Gasteiger partial charge on any atom is -0.475 e. The van der Waals surface area contributed by atoms with Gasteiger partial charge in [0.2, 0.25) is 0 Å². The molecule has 2 heterocycles. The zero-order valence-electron chi connectivity index (χ0n) is 24.1. The van der Waals surface area contributed by atoms with E-state index in [9.17, 15) is 0 Å². The molecule has 0 fully saturated rings. The molecule has 0 aromatic heterocycles. The largest absolute Gasteiger partial charge is 0.475 e. The highest BCUT2D eigenvalue weighted by atomic mass is 31.1. The second kappa shape index (κ2) is 14.3. The highest BCUT2D eigenvalue weighted by Crippen LogP contribution is 2.38. The number of hydrogen-bond acceptors (Lipinski definition) is 4. The van der Waals surface area contributed by atoms with Crippen molar-refractivity contribution in [2.75, 3.05) is 26.7 Å². The molecule has 5 atom stereocenters. The second-order valence-electron chi connectivity index (χ2n) is 9.10. The summed E-state index contributed by atoms with van der Waals surface area (Å²) in [6, 6.07) is 17.3. The van der Waals surface area contributed by atoms with E-state index in [0.717, 1.165) is 11.8 Å². The van der Waals surface area contributed by atoms with Gasteiger partial charge < -0.3 is 9.47 Å². The third-order valence-electron chi connectivity index (χ3n) is 6.25. The Balaban J connectivity index is 0.00000109. The predicted molar refractivity (Wildman–Crippen MR) is 163 cm³/mol. The maximum atomic E-state index is 6.27. The van der Waals surface area contributed by atoms with Crippen LogP contribution in [0.15, 0.2) is 58.5 Å². The van der Waals surface area contributed by atoms with Gasteiger partial charge in [0.05, 0.1) is 0 Å². The van der Waals surface area contributed by atoms with Crippen LogP contribution in [0.5, 0.6) is 0 Å². The van der Waals surface area contributed by atoms with Gasteiger partial charge in [-0.25, -0.2) is 9.98 Å². The van der Waals surface area contributed by atoms with E-state index in [-0.39, 0.29) is 46.1 Å². The van der Waals surface area contributed by atoms with E-state index in [0.29, 0.717) is 0 Å². The molecule has 2 aliphatic heterocycles. The van der Waals surface area contributed by atoms with E-state index >= 15 is 0 Å². The highest BCUT2D eigenvalue weighted by molar-refractivity contribution is 7.64. The third kappa shape index (κ3) is 6.76. The maximum absolute atomic E-state index is 6.27. The summed E-state index contributed by atoms with van der Waals surface area (Å²) in [6.45, 7) is 23.5. The third-order valence-corrected chi connectivity index (χ3v) is 8.99. The summed E-state index contributed by atoms with van der Waals surface area (Å²) in [7, 11) is -0.416. The van der Waals surface area contributed by atoms with Crippen LogP contribution in [0.25, 0.3) is 0 Å². The summed E-state index contributed by atoms with van der Waals surface area (Å²) in [4.78, 5) is 10.1. The lowest BCUT2D eigenvalue weighted by molar-refractivity contribution is 0.191. The lowest BCUT2D eigenvalue weighted by Crippen LogP contribution is -2.25. The van der Waals surface area contributed by atoms with Crippen LogP contribution in [0.4, 0.5) is 0 Å². The smallest absolute Gasteiger partial charge is 0.196 e. The first-order valence-electron chi connectivity index (χ1n) is 13.3. The molecule has 0 saturated carbocycles. The highest BCUT2D eigenvalue weighted by Gasteiger charge is 2.39. The van der Waals surface area contributed by atoms with Crippen LogP contribution in [0.1, 0.15) is 71.7 Å². The van der Waals surface area contributed by atoms with Gasteiger partial charge in [-0.1, -0.05) is 92.1 Å². The summed E-state index contributed by atoms with van der Waals surface area (Å²) in [5.74, 6) is 1.38. The van der Waals surface area contributed by atoms with Gasteiger partial charge in [0.25, 0.3) is 0 Å². The fraction of sp³-hybridized carbons (Fsp3) is 0.533. The van der Waals surface area contributed by atoms with Crippen LogP contribution in [0, 0.1) is 5.92 Å². The molecule has 6 heteroatoms. The standard InChI is InChI=1S/C26H34N2O2P2.2C2H6/c1-16(25-27-23(17(2)29-25)19-12-8-10-14-21(19)31(4)5)26-28-24(18(3)30-26)20-13-9-11-15-22(20)32(6)7;2*1-2/h8-18,23-24H,1-7H3;2*1-2H3/t16?,17?,18?,23-,24?;;/m0../s1. The first kappa shape index (κ1) is 30.5. The summed E-state index contributed by atoms with van der Waals surface area (Å²) < 4.78 is 12.5. The zero-order valence-corrected chi connectivity index (χ0v) is 25.9. The summed E-state index contributed by atoms with van der Waals surface area (Å²) in [6.07, 6.45) is 0.00600. The number of rotatable bonds is 6. The van der Waals surface area contributed by atoms with Gasteiger partial charge in [0.1, 0.15) is 30.2 Å². The van der Waals surface area contributed by atoms with Crippen molar-refractivity contribution < 1.29 is 9.47 Å². The van der Waals surface area contributed by atoms with E-state index in [1.807, 2.05) is 27.7 Å². The molecule has 0 radical (unpaired) electrons. The Labute approximate surface area is 222 Å². The lowest BCUT2D eigenvalue weighted by Gasteiger charge is -2.19. The molecule has 0 amide bonds. The Kier molecular flexibility index (Phi) is 12.1. The van der Waals surface area contributed by atoms with Crippen molar-refractivity contribution in [3.63, 3.8) is 0 Å².